The minimum Gasteiger partial charge on any atom is -0.298 e. The van der Waals surface area contributed by atoms with Gasteiger partial charge < -0.3 is 0 Å². The zero-order chi connectivity index (χ0) is 14.4. The number of carbonyl (C=O) groups excluding carboxylic acids is 1. The standard InChI is InChI=1S/C17H12N2OS/c1-11-14(10-20)16-17-13(7-8-21-17)9-15(19(16)18-11)12-5-3-2-4-6-12/h2-10H,1H3. The van der Waals surface area contributed by atoms with Gasteiger partial charge in [0.1, 0.15) is 0 Å². The summed E-state index contributed by atoms with van der Waals surface area (Å²) in [7, 11) is 0. The number of aromatic nitrogens is 2. The minimum absolute atomic E-state index is 0.681. The molecule has 1 aromatic carbocycles. The molecule has 4 heteroatoms. The summed E-state index contributed by atoms with van der Waals surface area (Å²) in [4.78, 5) is 11.5. The fraction of sp³-hybridized carbons (Fsp3) is 0.0588. The molecule has 0 atom stereocenters. The highest BCUT2D eigenvalue weighted by Gasteiger charge is 2.16. The molecular weight excluding hydrogens is 280 g/mol. The highest BCUT2D eigenvalue weighted by atomic mass is 32.1. The third-order valence-electron chi connectivity index (χ3n) is 3.73. The third-order valence-corrected chi connectivity index (χ3v) is 4.66. The van der Waals surface area contributed by atoms with Crippen molar-refractivity contribution in [1.29, 1.82) is 0 Å². The molecular formula is C17H12N2OS. The van der Waals surface area contributed by atoms with Crippen LogP contribution in [0, 0.1) is 6.92 Å². The van der Waals surface area contributed by atoms with E-state index in [1.807, 2.05) is 29.6 Å². The van der Waals surface area contributed by atoms with E-state index in [9.17, 15) is 4.79 Å². The number of thiophene rings is 1. The number of hydrogen-bond donors (Lipinski definition) is 0. The first kappa shape index (κ1) is 12.3. The molecule has 0 radical (unpaired) electrons. The van der Waals surface area contributed by atoms with Crippen molar-refractivity contribution in [1.82, 2.24) is 9.61 Å². The van der Waals surface area contributed by atoms with Crippen LogP contribution in [0.5, 0.6) is 0 Å². The van der Waals surface area contributed by atoms with Crippen molar-refractivity contribution in [2.24, 2.45) is 0 Å². The van der Waals surface area contributed by atoms with Crippen molar-refractivity contribution < 1.29 is 4.79 Å². The zero-order valence-corrected chi connectivity index (χ0v) is 12.2. The third kappa shape index (κ3) is 1.73. The molecule has 0 spiro atoms. The monoisotopic (exact) mass is 292 g/mol. The molecule has 21 heavy (non-hydrogen) atoms. The number of pyridine rings is 1. The second-order valence-electron chi connectivity index (χ2n) is 4.98. The predicted molar refractivity (Wildman–Crippen MR) is 86.1 cm³/mol. The van der Waals surface area contributed by atoms with Gasteiger partial charge in [0.2, 0.25) is 0 Å². The Bertz CT molecular complexity index is 967. The van der Waals surface area contributed by atoms with Gasteiger partial charge in [0.05, 0.1) is 27.2 Å². The van der Waals surface area contributed by atoms with Crippen molar-refractivity contribution in [2.45, 2.75) is 6.92 Å². The number of fused-ring (bicyclic) bond motifs is 3. The minimum atomic E-state index is 0.681. The largest absolute Gasteiger partial charge is 0.298 e. The van der Waals surface area contributed by atoms with Crippen LogP contribution < -0.4 is 0 Å². The molecule has 102 valence electrons. The Morgan fingerprint density at radius 3 is 2.76 bits per heavy atom. The van der Waals surface area contributed by atoms with Crippen molar-refractivity contribution >= 4 is 33.2 Å². The summed E-state index contributed by atoms with van der Waals surface area (Å²) in [6, 6.07) is 14.4. The lowest BCUT2D eigenvalue weighted by Gasteiger charge is -2.06. The van der Waals surface area contributed by atoms with Gasteiger partial charge in [-0.1, -0.05) is 30.3 Å². The summed E-state index contributed by atoms with van der Waals surface area (Å²) in [6.07, 6.45) is 0.908. The lowest BCUT2D eigenvalue weighted by Crippen LogP contribution is -1.94. The molecule has 0 unspecified atom stereocenters. The van der Waals surface area contributed by atoms with E-state index in [1.165, 1.54) is 0 Å². The Morgan fingerprint density at radius 1 is 1.19 bits per heavy atom. The topological polar surface area (TPSA) is 34.4 Å². The van der Waals surface area contributed by atoms with Gasteiger partial charge in [-0.25, -0.2) is 4.52 Å². The number of carbonyl (C=O) groups is 1. The number of hydrogen-bond acceptors (Lipinski definition) is 3. The first-order valence-electron chi connectivity index (χ1n) is 6.70. The molecule has 0 saturated carbocycles. The molecule has 0 aliphatic heterocycles. The molecule has 0 bridgehead atoms. The average Bonchev–Trinajstić information content (AvgIpc) is 3.10. The van der Waals surface area contributed by atoms with E-state index >= 15 is 0 Å². The highest BCUT2D eigenvalue weighted by molar-refractivity contribution is 7.18. The molecule has 4 aromatic rings. The highest BCUT2D eigenvalue weighted by Crippen LogP contribution is 2.33. The van der Waals surface area contributed by atoms with Crippen LogP contribution in [0.15, 0.2) is 47.8 Å². The molecule has 3 heterocycles. The molecule has 0 aliphatic carbocycles. The SMILES string of the molecule is Cc1nn2c(-c3ccccc3)cc3ccsc3c2c1C=O. The van der Waals surface area contributed by atoms with Gasteiger partial charge in [0, 0.05) is 5.56 Å². The molecule has 0 fully saturated rings. The number of aldehydes is 1. The Morgan fingerprint density at radius 2 is 2.00 bits per heavy atom. The number of nitrogens with zero attached hydrogens (tertiary/aromatic N) is 2. The maximum atomic E-state index is 11.5. The van der Waals surface area contributed by atoms with Gasteiger partial charge >= 0.3 is 0 Å². The molecule has 0 N–H and O–H groups in total. The summed E-state index contributed by atoms with van der Waals surface area (Å²) < 4.78 is 3.00. The average molecular weight is 292 g/mol. The summed E-state index contributed by atoms with van der Waals surface area (Å²) >= 11 is 1.64. The van der Waals surface area contributed by atoms with Crippen molar-refractivity contribution in [2.75, 3.05) is 0 Å². The number of aryl methyl sites for hydroxylation is 1. The number of benzene rings is 1. The van der Waals surface area contributed by atoms with Crippen molar-refractivity contribution in [3.63, 3.8) is 0 Å². The lowest BCUT2D eigenvalue weighted by molar-refractivity contribution is 0.112. The number of rotatable bonds is 2. The Labute approximate surface area is 125 Å². The summed E-state index contributed by atoms with van der Waals surface area (Å²) in [5.74, 6) is 0. The first-order chi connectivity index (χ1) is 10.3. The van der Waals surface area contributed by atoms with E-state index in [2.05, 4.69) is 34.7 Å². The van der Waals surface area contributed by atoms with E-state index in [0.717, 1.165) is 38.8 Å². The van der Waals surface area contributed by atoms with Crippen LogP contribution >= 0.6 is 11.3 Å². The van der Waals surface area contributed by atoms with Gasteiger partial charge in [-0.2, -0.15) is 5.10 Å². The fourth-order valence-electron chi connectivity index (χ4n) is 2.72. The fourth-order valence-corrected chi connectivity index (χ4v) is 3.64. The summed E-state index contributed by atoms with van der Waals surface area (Å²) in [5, 5.41) is 7.78. The summed E-state index contributed by atoms with van der Waals surface area (Å²) in [6.45, 7) is 1.88. The van der Waals surface area contributed by atoms with Gasteiger partial charge in [0.25, 0.3) is 0 Å². The Kier molecular flexibility index (Phi) is 2.65. The first-order valence-corrected chi connectivity index (χ1v) is 7.57. The van der Waals surface area contributed by atoms with E-state index < -0.39 is 0 Å². The van der Waals surface area contributed by atoms with E-state index in [1.54, 1.807) is 11.3 Å². The lowest BCUT2D eigenvalue weighted by atomic mass is 10.1. The van der Waals surface area contributed by atoms with E-state index in [4.69, 9.17) is 0 Å². The van der Waals surface area contributed by atoms with Crippen LogP contribution in [0.2, 0.25) is 0 Å². The van der Waals surface area contributed by atoms with Gasteiger partial charge in [-0.3, -0.25) is 4.79 Å². The molecule has 0 amide bonds. The summed E-state index contributed by atoms with van der Waals surface area (Å²) in [5.41, 5.74) is 4.46. The van der Waals surface area contributed by atoms with Crippen LogP contribution in [0.1, 0.15) is 16.1 Å². The predicted octanol–water partition coefficient (Wildman–Crippen LogP) is 4.34. The maximum Gasteiger partial charge on any atom is 0.154 e. The Balaban J connectivity index is 2.22. The van der Waals surface area contributed by atoms with Crippen molar-refractivity contribution in [3.05, 3.63) is 59.1 Å². The molecule has 3 aromatic heterocycles. The van der Waals surface area contributed by atoms with E-state index in [0.29, 0.717) is 5.56 Å². The van der Waals surface area contributed by atoms with Crippen LogP contribution in [0.3, 0.4) is 0 Å². The van der Waals surface area contributed by atoms with Crippen LogP contribution in [-0.2, 0) is 0 Å². The van der Waals surface area contributed by atoms with Crippen LogP contribution in [0.25, 0.3) is 26.9 Å². The Hall–Kier alpha value is -2.46. The van der Waals surface area contributed by atoms with Gasteiger partial charge in [-0.05, 0) is 29.8 Å². The molecule has 3 nitrogen and oxygen atoms in total. The van der Waals surface area contributed by atoms with Crippen molar-refractivity contribution in [3.8, 4) is 11.3 Å². The van der Waals surface area contributed by atoms with Gasteiger partial charge in [-0.15, -0.1) is 11.3 Å². The molecule has 0 aliphatic rings. The smallest absolute Gasteiger partial charge is 0.154 e. The molecule has 4 rings (SSSR count). The normalized spacial score (nSPS) is 11.3. The van der Waals surface area contributed by atoms with Crippen LogP contribution in [0.4, 0.5) is 0 Å². The van der Waals surface area contributed by atoms with Crippen LogP contribution in [-0.4, -0.2) is 15.9 Å². The second-order valence-corrected chi connectivity index (χ2v) is 5.89. The molecule has 0 saturated heterocycles. The second kappa shape index (κ2) is 4.53. The van der Waals surface area contributed by atoms with E-state index in [-0.39, 0.29) is 0 Å². The zero-order valence-electron chi connectivity index (χ0n) is 11.4. The maximum absolute atomic E-state index is 11.5. The van der Waals surface area contributed by atoms with Gasteiger partial charge in [0.15, 0.2) is 6.29 Å². The quantitative estimate of drug-likeness (QED) is 0.515.